The molecule has 0 aliphatic rings. The highest BCUT2D eigenvalue weighted by Crippen LogP contribution is 2.12. The van der Waals surface area contributed by atoms with E-state index in [0.29, 0.717) is 5.69 Å². The second-order valence-electron chi connectivity index (χ2n) is 4.42. The van der Waals surface area contributed by atoms with E-state index in [-0.39, 0.29) is 5.91 Å². The average molecular weight is 252 g/mol. The minimum atomic E-state index is -0.159. The number of anilines is 1. The van der Waals surface area contributed by atoms with Crippen LogP contribution in [0.1, 0.15) is 16.7 Å². The summed E-state index contributed by atoms with van der Waals surface area (Å²) in [7, 11) is 0. The number of nitrogens with zero attached hydrogens (tertiary/aromatic N) is 1. The highest BCUT2D eigenvalue weighted by molar-refractivity contribution is 6.01. The van der Waals surface area contributed by atoms with E-state index in [1.165, 1.54) is 11.6 Å². The molecule has 2 rings (SSSR count). The van der Waals surface area contributed by atoms with E-state index in [0.717, 1.165) is 11.1 Å². The first-order valence-electron chi connectivity index (χ1n) is 6.11. The number of aromatic nitrogens is 1. The molecule has 1 heterocycles. The molecule has 3 heteroatoms. The van der Waals surface area contributed by atoms with Crippen LogP contribution in [0.25, 0.3) is 6.08 Å². The van der Waals surface area contributed by atoms with E-state index in [1.54, 1.807) is 24.5 Å². The minimum Gasteiger partial charge on any atom is -0.321 e. The molecule has 0 spiro atoms. The van der Waals surface area contributed by atoms with Crippen LogP contribution in [0, 0.1) is 13.8 Å². The fraction of sp³-hybridized carbons (Fsp3) is 0.125. The van der Waals surface area contributed by atoms with Gasteiger partial charge in [0.2, 0.25) is 5.91 Å². The molecule has 0 saturated carbocycles. The Morgan fingerprint density at radius 2 is 2.11 bits per heavy atom. The second-order valence-corrected chi connectivity index (χ2v) is 4.42. The molecule has 0 unspecified atom stereocenters. The smallest absolute Gasteiger partial charge is 0.248 e. The van der Waals surface area contributed by atoms with Crippen LogP contribution in [0.4, 0.5) is 5.69 Å². The van der Waals surface area contributed by atoms with Crippen LogP contribution < -0.4 is 5.32 Å². The van der Waals surface area contributed by atoms with E-state index in [4.69, 9.17) is 0 Å². The maximum Gasteiger partial charge on any atom is 0.248 e. The van der Waals surface area contributed by atoms with Gasteiger partial charge in [0, 0.05) is 12.3 Å². The van der Waals surface area contributed by atoms with Crippen molar-refractivity contribution in [2.24, 2.45) is 0 Å². The van der Waals surface area contributed by atoms with Crippen molar-refractivity contribution in [3.8, 4) is 0 Å². The van der Waals surface area contributed by atoms with Crippen molar-refractivity contribution < 1.29 is 4.79 Å². The van der Waals surface area contributed by atoms with Crippen molar-refractivity contribution in [3.63, 3.8) is 0 Å². The Hall–Kier alpha value is -2.42. The van der Waals surface area contributed by atoms with Crippen LogP contribution in [-0.2, 0) is 4.79 Å². The van der Waals surface area contributed by atoms with Crippen molar-refractivity contribution in [3.05, 3.63) is 65.5 Å². The first-order valence-corrected chi connectivity index (χ1v) is 6.11. The zero-order valence-corrected chi connectivity index (χ0v) is 11.1. The zero-order chi connectivity index (χ0) is 13.7. The molecule has 1 amide bonds. The van der Waals surface area contributed by atoms with Crippen LogP contribution in [-0.4, -0.2) is 10.9 Å². The molecule has 0 atom stereocenters. The topological polar surface area (TPSA) is 42.0 Å². The van der Waals surface area contributed by atoms with Gasteiger partial charge in [0.15, 0.2) is 0 Å². The Morgan fingerprint density at radius 1 is 1.26 bits per heavy atom. The SMILES string of the molecule is Cc1ccc(/C=C/C(=O)Nc2cccnc2)c(C)c1. The largest absolute Gasteiger partial charge is 0.321 e. The van der Waals surface area contributed by atoms with Gasteiger partial charge in [-0.05, 0) is 43.2 Å². The third-order valence-corrected chi connectivity index (χ3v) is 2.77. The molecular formula is C16H16N2O. The third-order valence-electron chi connectivity index (χ3n) is 2.77. The van der Waals surface area contributed by atoms with Gasteiger partial charge in [0.1, 0.15) is 0 Å². The molecule has 96 valence electrons. The van der Waals surface area contributed by atoms with Crippen LogP contribution in [0.15, 0.2) is 48.8 Å². The van der Waals surface area contributed by atoms with Gasteiger partial charge in [0.05, 0.1) is 11.9 Å². The van der Waals surface area contributed by atoms with Crippen molar-refractivity contribution in [1.82, 2.24) is 4.98 Å². The standard InChI is InChI=1S/C16H16N2O/c1-12-5-6-14(13(2)10-12)7-8-16(19)18-15-4-3-9-17-11-15/h3-11H,1-2H3,(H,18,19)/b8-7+. The van der Waals surface area contributed by atoms with Crippen LogP contribution in [0.3, 0.4) is 0 Å². The predicted octanol–water partition coefficient (Wildman–Crippen LogP) is 3.35. The number of nitrogens with one attached hydrogen (secondary N) is 1. The Bertz CT molecular complexity index is 603. The Kier molecular flexibility index (Phi) is 4.08. The van der Waals surface area contributed by atoms with Gasteiger partial charge in [-0.15, -0.1) is 0 Å². The second kappa shape index (κ2) is 5.96. The van der Waals surface area contributed by atoms with Gasteiger partial charge in [0.25, 0.3) is 0 Å². The first-order chi connectivity index (χ1) is 9.15. The summed E-state index contributed by atoms with van der Waals surface area (Å²) < 4.78 is 0. The fourth-order valence-corrected chi connectivity index (χ4v) is 1.80. The number of rotatable bonds is 3. The highest BCUT2D eigenvalue weighted by Gasteiger charge is 1.98. The van der Waals surface area contributed by atoms with Gasteiger partial charge in [-0.25, -0.2) is 0 Å². The molecule has 0 saturated heterocycles. The number of carbonyl (C=O) groups excluding carboxylic acids is 1. The molecule has 1 aromatic heterocycles. The summed E-state index contributed by atoms with van der Waals surface area (Å²) in [5, 5.41) is 2.75. The lowest BCUT2D eigenvalue weighted by atomic mass is 10.1. The molecule has 1 aromatic carbocycles. The third kappa shape index (κ3) is 3.78. The number of pyridine rings is 1. The van der Waals surface area contributed by atoms with Gasteiger partial charge < -0.3 is 5.32 Å². The Morgan fingerprint density at radius 3 is 2.79 bits per heavy atom. The fourth-order valence-electron chi connectivity index (χ4n) is 1.80. The van der Waals surface area contributed by atoms with Gasteiger partial charge in [-0.3, -0.25) is 9.78 Å². The van der Waals surface area contributed by atoms with Gasteiger partial charge in [-0.1, -0.05) is 23.8 Å². The maximum absolute atomic E-state index is 11.7. The molecular weight excluding hydrogens is 236 g/mol. The summed E-state index contributed by atoms with van der Waals surface area (Å²) in [6.07, 6.45) is 6.63. The van der Waals surface area contributed by atoms with Crippen molar-refractivity contribution >= 4 is 17.7 Å². The summed E-state index contributed by atoms with van der Waals surface area (Å²) in [6, 6.07) is 9.72. The number of hydrogen-bond donors (Lipinski definition) is 1. The van der Waals surface area contributed by atoms with Gasteiger partial charge >= 0.3 is 0 Å². The Balaban J connectivity index is 2.04. The molecule has 19 heavy (non-hydrogen) atoms. The van der Waals surface area contributed by atoms with Crippen molar-refractivity contribution in [2.45, 2.75) is 13.8 Å². The van der Waals surface area contributed by atoms with E-state index in [9.17, 15) is 4.79 Å². The summed E-state index contributed by atoms with van der Waals surface area (Å²) in [5.74, 6) is -0.159. The maximum atomic E-state index is 11.7. The number of amides is 1. The van der Waals surface area contributed by atoms with Crippen molar-refractivity contribution in [2.75, 3.05) is 5.32 Å². The lowest BCUT2D eigenvalue weighted by Gasteiger charge is -2.02. The van der Waals surface area contributed by atoms with Crippen LogP contribution in [0.2, 0.25) is 0 Å². The van der Waals surface area contributed by atoms with E-state index in [1.807, 2.05) is 25.1 Å². The molecule has 1 N–H and O–H groups in total. The molecule has 0 bridgehead atoms. The lowest BCUT2D eigenvalue weighted by molar-refractivity contribution is -0.111. The summed E-state index contributed by atoms with van der Waals surface area (Å²) in [5.41, 5.74) is 4.12. The van der Waals surface area contributed by atoms with E-state index >= 15 is 0 Å². The zero-order valence-electron chi connectivity index (χ0n) is 11.1. The monoisotopic (exact) mass is 252 g/mol. The number of hydrogen-bond acceptors (Lipinski definition) is 2. The molecule has 0 aliphatic carbocycles. The summed E-state index contributed by atoms with van der Waals surface area (Å²) in [6.45, 7) is 4.08. The van der Waals surface area contributed by atoms with E-state index in [2.05, 4.69) is 23.3 Å². The summed E-state index contributed by atoms with van der Waals surface area (Å²) in [4.78, 5) is 15.7. The molecule has 0 aliphatic heterocycles. The first kappa shape index (κ1) is 13.0. The molecule has 3 nitrogen and oxygen atoms in total. The average Bonchev–Trinajstić information content (AvgIpc) is 2.39. The lowest BCUT2D eigenvalue weighted by Crippen LogP contribution is -2.07. The van der Waals surface area contributed by atoms with Crippen molar-refractivity contribution in [1.29, 1.82) is 0 Å². The Labute approximate surface area is 113 Å². The molecule has 2 aromatic rings. The van der Waals surface area contributed by atoms with Crippen LogP contribution >= 0.6 is 0 Å². The number of aryl methyl sites for hydroxylation is 2. The van der Waals surface area contributed by atoms with Gasteiger partial charge in [-0.2, -0.15) is 0 Å². The summed E-state index contributed by atoms with van der Waals surface area (Å²) >= 11 is 0. The van der Waals surface area contributed by atoms with E-state index < -0.39 is 0 Å². The van der Waals surface area contributed by atoms with Crippen LogP contribution in [0.5, 0.6) is 0 Å². The predicted molar refractivity (Wildman–Crippen MR) is 77.8 cm³/mol. The molecule has 0 fully saturated rings. The minimum absolute atomic E-state index is 0.159. The normalized spacial score (nSPS) is 10.6. The molecule has 0 radical (unpaired) electrons. The quantitative estimate of drug-likeness (QED) is 0.851. The highest BCUT2D eigenvalue weighted by atomic mass is 16.1. The number of benzene rings is 1. The number of carbonyl (C=O) groups is 1.